The highest BCUT2D eigenvalue weighted by atomic mass is 16.5. The first kappa shape index (κ1) is 18.8. The third-order valence-corrected chi connectivity index (χ3v) is 4.35. The zero-order valence-corrected chi connectivity index (χ0v) is 15.3. The lowest BCUT2D eigenvalue weighted by atomic mass is 10.3. The molecule has 1 saturated carbocycles. The normalized spacial score (nSPS) is 13.1. The number of para-hydroxylation sites is 2. The number of hydrogen-bond acceptors (Lipinski definition) is 5. The van der Waals surface area contributed by atoms with Gasteiger partial charge in [0.2, 0.25) is 5.91 Å². The van der Waals surface area contributed by atoms with E-state index in [9.17, 15) is 9.59 Å². The van der Waals surface area contributed by atoms with Crippen LogP contribution in [-0.2, 0) is 16.1 Å². The van der Waals surface area contributed by atoms with Crippen LogP contribution >= 0.6 is 0 Å². The summed E-state index contributed by atoms with van der Waals surface area (Å²) in [5.41, 5.74) is 0. The van der Waals surface area contributed by atoms with E-state index in [1.54, 1.807) is 42.5 Å². The lowest BCUT2D eigenvalue weighted by molar-refractivity contribution is -0.134. The van der Waals surface area contributed by atoms with E-state index in [0.717, 1.165) is 12.8 Å². The Labute approximate surface area is 158 Å². The molecule has 0 aliphatic heterocycles. The van der Waals surface area contributed by atoms with E-state index in [0.29, 0.717) is 30.3 Å². The van der Waals surface area contributed by atoms with Gasteiger partial charge in [0.1, 0.15) is 5.76 Å². The Bertz CT molecular complexity index is 755. The van der Waals surface area contributed by atoms with Crippen molar-refractivity contribution in [3.63, 3.8) is 0 Å². The fourth-order valence-electron chi connectivity index (χ4n) is 2.77. The van der Waals surface area contributed by atoms with E-state index < -0.39 is 0 Å². The van der Waals surface area contributed by atoms with Crippen molar-refractivity contribution in [2.45, 2.75) is 31.8 Å². The molecule has 1 aliphatic rings. The van der Waals surface area contributed by atoms with Gasteiger partial charge in [0.25, 0.3) is 5.91 Å². The summed E-state index contributed by atoms with van der Waals surface area (Å²) in [6.45, 7) is 0.647. The minimum absolute atomic E-state index is 0.0785. The van der Waals surface area contributed by atoms with Gasteiger partial charge in [0, 0.05) is 19.0 Å². The van der Waals surface area contributed by atoms with Crippen LogP contribution in [0.2, 0.25) is 0 Å². The van der Waals surface area contributed by atoms with Crippen LogP contribution in [0.5, 0.6) is 11.5 Å². The molecule has 0 radical (unpaired) electrons. The second-order valence-electron chi connectivity index (χ2n) is 6.36. The second kappa shape index (κ2) is 9.12. The molecule has 2 amide bonds. The molecule has 0 atom stereocenters. The number of methoxy groups -OCH3 is 1. The van der Waals surface area contributed by atoms with Gasteiger partial charge in [-0.1, -0.05) is 12.1 Å². The molecular formula is C20H24N2O5. The quantitative estimate of drug-likeness (QED) is 0.692. The number of benzene rings is 1. The number of hydrogen-bond donors (Lipinski definition) is 1. The van der Waals surface area contributed by atoms with Gasteiger partial charge in [-0.3, -0.25) is 9.59 Å². The van der Waals surface area contributed by atoms with Crippen molar-refractivity contribution in [2.24, 2.45) is 0 Å². The van der Waals surface area contributed by atoms with Crippen LogP contribution in [-0.4, -0.2) is 43.0 Å². The fraction of sp³-hybridized carbons (Fsp3) is 0.400. The number of ether oxygens (including phenoxy) is 2. The predicted octanol–water partition coefficient (Wildman–Crippen LogP) is 2.36. The number of carbonyl (C=O) groups excluding carboxylic acids is 2. The van der Waals surface area contributed by atoms with Crippen molar-refractivity contribution in [1.82, 2.24) is 10.2 Å². The van der Waals surface area contributed by atoms with Crippen LogP contribution in [0.1, 0.15) is 25.0 Å². The number of carbonyl (C=O) groups is 2. The molecule has 3 rings (SSSR count). The van der Waals surface area contributed by atoms with Crippen molar-refractivity contribution in [3.05, 3.63) is 48.4 Å². The molecule has 1 aromatic heterocycles. The second-order valence-corrected chi connectivity index (χ2v) is 6.36. The zero-order chi connectivity index (χ0) is 19.1. The van der Waals surface area contributed by atoms with E-state index in [1.807, 2.05) is 12.1 Å². The summed E-state index contributed by atoms with van der Waals surface area (Å²) in [6.07, 6.45) is 3.75. The molecular weight excluding hydrogens is 348 g/mol. The smallest absolute Gasteiger partial charge is 0.260 e. The highest BCUT2D eigenvalue weighted by Gasteiger charge is 2.32. The highest BCUT2D eigenvalue weighted by Crippen LogP contribution is 2.28. The molecule has 7 nitrogen and oxygen atoms in total. The Hall–Kier alpha value is -2.96. The molecule has 0 bridgehead atoms. The van der Waals surface area contributed by atoms with E-state index in [1.165, 1.54) is 0 Å². The standard InChI is InChI=1S/C20H24N2O5/c1-25-17-6-2-3-7-18(17)27-14-20(24)22(15-8-9-15)11-10-19(23)21-13-16-5-4-12-26-16/h2-7,12,15H,8-11,13-14H2,1H3,(H,21,23). The lowest BCUT2D eigenvalue weighted by Gasteiger charge is -2.22. The fourth-order valence-corrected chi connectivity index (χ4v) is 2.77. The first-order valence-corrected chi connectivity index (χ1v) is 9.01. The number of amides is 2. The molecule has 2 aromatic rings. The Morgan fingerprint density at radius 3 is 2.63 bits per heavy atom. The van der Waals surface area contributed by atoms with Gasteiger partial charge in [-0.2, -0.15) is 0 Å². The maximum atomic E-state index is 12.6. The van der Waals surface area contributed by atoms with Crippen LogP contribution < -0.4 is 14.8 Å². The summed E-state index contributed by atoms with van der Waals surface area (Å²) < 4.78 is 16.0. The van der Waals surface area contributed by atoms with E-state index in [4.69, 9.17) is 13.9 Å². The van der Waals surface area contributed by atoms with Crippen LogP contribution in [0.15, 0.2) is 47.1 Å². The summed E-state index contributed by atoms with van der Waals surface area (Å²) in [4.78, 5) is 26.3. The monoisotopic (exact) mass is 372 g/mol. The average molecular weight is 372 g/mol. The largest absolute Gasteiger partial charge is 0.493 e. The SMILES string of the molecule is COc1ccccc1OCC(=O)N(CCC(=O)NCc1ccco1)C1CC1. The van der Waals surface area contributed by atoms with Crippen molar-refractivity contribution >= 4 is 11.8 Å². The van der Waals surface area contributed by atoms with E-state index in [-0.39, 0.29) is 30.9 Å². The van der Waals surface area contributed by atoms with E-state index >= 15 is 0 Å². The van der Waals surface area contributed by atoms with Crippen molar-refractivity contribution < 1.29 is 23.5 Å². The van der Waals surface area contributed by atoms with Gasteiger partial charge in [-0.25, -0.2) is 0 Å². The van der Waals surface area contributed by atoms with Gasteiger partial charge in [-0.15, -0.1) is 0 Å². The number of rotatable bonds is 10. The molecule has 1 aliphatic carbocycles. The third-order valence-electron chi connectivity index (χ3n) is 4.35. The van der Waals surface area contributed by atoms with Crippen molar-refractivity contribution in [2.75, 3.05) is 20.3 Å². The minimum Gasteiger partial charge on any atom is -0.493 e. The molecule has 1 fully saturated rings. The van der Waals surface area contributed by atoms with E-state index in [2.05, 4.69) is 5.32 Å². The zero-order valence-electron chi connectivity index (χ0n) is 15.3. The maximum absolute atomic E-state index is 12.6. The summed E-state index contributed by atoms with van der Waals surface area (Å²) in [6, 6.07) is 11.0. The molecule has 1 heterocycles. The molecule has 144 valence electrons. The van der Waals surface area contributed by atoms with Crippen LogP contribution in [0, 0.1) is 0 Å². The van der Waals surface area contributed by atoms with Gasteiger partial charge < -0.3 is 24.1 Å². The topological polar surface area (TPSA) is 81.0 Å². The lowest BCUT2D eigenvalue weighted by Crippen LogP contribution is -2.39. The Balaban J connectivity index is 1.46. The molecule has 1 aromatic carbocycles. The summed E-state index contributed by atoms with van der Waals surface area (Å²) in [5, 5.41) is 2.79. The number of nitrogens with one attached hydrogen (secondary N) is 1. The molecule has 27 heavy (non-hydrogen) atoms. The summed E-state index contributed by atoms with van der Waals surface area (Å²) >= 11 is 0. The predicted molar refractivity (Wildman–Crippen MR) is 98.4 cm³/mol. The highest BCUT2D eigenvalue weighted by molar-refractivity contribution is 5.80. The molecule has 1 N–H and O–H groups in total. The summed E-state index contributed by atoms with van der Waals surface area (Å²) in [5.74, 6) is 1.57. The number of furan rings is 1. The maximum Gasteiger partial charge on any atom is 0.260 e. The van der Waals surface area contributed by atoms with Gasteiger partial charge in [0.05, 0.1) is 19.9 Å². The first-order valence-electron chi connectivity index (χ1n) is 9.01. The van der Waals surface area contributed by atoms with Crippen molar-refractivity contribution in [3.8, 4) is 11.5 Å². The molecule has 0 saturated heterocycles. The Kier molecular flexibility index (Phi) is 6.35. The van der Waals surface area contributed by atoms with Gasteiger partial charge in [0.15, 0.2) is 18.1 Å². The van der Waals surface area contributed by atoms with Crippen LogP contribution in [0.3, 0.4) is 0 Å². The molecule has 7 heteroatoms. The van der Waals surface area contributed by atoms with Crippen molar-refractivity contribution in [1.29, 1.82) is 0 Å². The van der Waals surface area contributed by atoms with Gasteiger partial charge >= 0.3 is 0 Å². The Morgan fingerprint density at radius 2 is 1.96 bits per heavy atom. The molecule has 0 unspecified atom stereocenters. The number of nitrogens with zero attached hydrogens (tertiary/aromatic N) is 1. The third kappa shape index (κ3) is 5.51. The minimum atomic E-state index is -0.123. The first-order chi connectivity index (χ1) is 13.2. The van der Waals surface area contributed by atoms with Crippen LogP contribution in [0.25, 0.3) is 0 Å². The van der Waals surface area contributed by atoms with Crippen LogP contribution in [0.4, 0.5) is 0 Å². The van der Waals surface area contributed by atoms with Gasteiger partial charge in [-0.05, 0) is 37.1 Å². The average Bonchev–Trinajstić information content (AvgIpc) is 3.39. The summed E-state index contributed by atoms with van der Waals surface area (Å²) in [7, 11) is 1.56. The Morgan fingerprint density at radius 1 is 1.19 bits per heavy atom. The molecule has 0 spiro atoms.